The van der Waals surface area contributed by atoms with Crippen LogP contribution in [0.25, 0.3) is 32.3 Å². The number of carbonyl (C=O) groups excluding carboxylic acids is 2. The number of ether oxygens (including phenoxy) is 5. The minimum absolute atomic E-state index is 0.222. The fourth-order valence-corrected chi connectivity index (χ4v) is 5.60. The Hall–Kier alpha value is -5.77. The first-order valence-electron chi connectivity index (χ1n) is 18.8. The molecule has 16 nitrogen and oxygen atoms in total. The van der Waals surface area contributed by atoms with Gasteiger partial charge in [-0.05, 0) is 88.3 Å². The topological polar surface area (TPSA) is 215 Å². The van der Waals surface area contributed by atoms with Gasteiger partial charge in [-0.1, -0.05) is 41.5 Å². The highest BCUT2D eigenvalue weighted by molar-refractivity contribution is 5.89. The molecule has 0 saturated carbocycles. The van der Waals surface area contributed by atoms with Gasteiger partial charge >= 0.3 is 5.97 Å². The molecule has 4 rings (SSSR count). The molecule has 0 saturated heterocycles. The van der Waals surface area contributed by atoms with Crippen LogP contribution in [0.2, 0.25) is 0 Å². The molecular weight excluding hydrogens is 734 g/mol. The monoisotopic (exact) mass is 785 g/mol. The minimum Gasteiger partial charge on any atom is -0.491 e. The van der Waals surface area contributed by atoms with Crippen LogP contribution in [0.15, 0.2) is 84.1 Å². The van der Waals surface area contributed by atoms with E-state index in [1.807, 2.05) is 73.7 Å². The maximum absolute atomic E-state index is 12.8. The Morgan fingerprint density at radius 2 is 1.49 bits per heavy atom. The van der Waals surface area contributed by atoms with Crippen LogP contribution in [0.3, 0.4) is 0 Å². The van der Waals surface area contributed by atoms with Crippen LogP contribution in [0.4, 0.5) is 5.82 Å². The van der Waals surface area contributed by atoms with Gasteiger partial charge in [0, 0.05) is 30.6 Å². The van der Waals surface area contributed by atoms with E-state index in [1.165, 1.54) is 0 Å². The number of aryl methyl sites for hydroxylation is 1. The van der Waals surface area contributed by atoms with Crippen molar-refractivity contribution in [3.8, 4) is 16.9 Å². The van der Waals surface area contributed by atoms with Crippen LogP contribution >= 0.6 is 0 Å². The molecule has 3 aromatic carbocycles. The number of anilines is 1. The van der Waals surface area contributed by atoms with Crippen molar-refractivity contribution in [1.82, 2.24) is 15.6 Å². The number of hydrogen-bond acceptors (Lipinski definition) is 11. The van der Waals surface area contributed by atoms with Gasteiger partial charge in [-0.15, -0.1) is 0 Å². The van der Waals surface area contributed by atoms with Crippen molar-refractivity contribution < 1.29 is 43.2 Å². The Morgan fingerprint density at radius 1 is 0.807 bits per heavy atom. The van der Waals surface area contributed by atoms with Gasteiger partial charge < -0.3 is 44.7 Å². The number of azide groups is 1. The Bertz CT molecular complexity index is 1920. The van der Waals surface area contributed by atoms with Gasteiger partial charge in [0.15, 0.2) is 0 Å². The molecule has 57 heavy (non-hydrogen) atoms. The molecule has 0 aliphatic rings. The predicted molar refractivity (Wildman–Crippen MR) is 215 cm³/mol. The highest BCUT2D eigenvalue weighted by atomic mass is 16.6. The van der Waals surface area contributed by atoms with Crippen LogP contribution in [-0.2, 0) is 33.3 Å². The molecule has 2 amide bonds. The maximum Gasteiger partial charge on any atom is 0.305 e. The van der Waals surface area contributed by atoms with Gasteiger partial charge in [0.05, 0.1) is 71.9 Å². The number of nitrogens with one attached hydrogen (secondary N) is 3. The summed E-state index contributed by atoms with van der Waals surface area (Å²) < 4.78 is 27.6. The van der Waals surface area contributed by atoms with Crippen molar-refractivity contribution in [2.75, 3.05) is 84.4 Å². The van der Waals surface area contributed by atoms with E-state index < -0.39 is 17.9 Å². The second-order valence-electron chi connectivity index (χ2n) is 12.8. The number of aromatic nitrogens is 1. The van der Waals surface area contributed by atoms with Crippen LogP contribution in [0.1, 0.15) is 36.4 Å². The summed E-state index contributed by atoms with van der Waals surface area (Å²) >= 11 is 0. The van der Waals surface area contributed by atoms with Gasteiger partial charge in [0.1, 0.15) is 18.2 Å². The number of carboxylic acid groups (broad SMARTS) is 1. The Morgan fingerprint density at radius 3 is 2.21 bits per heavy atom. The van der Waals surface area contributed by atoms with Crippen LogP contribution in [-0.4, -0.2) is 107 Å². The van der Waals surface area contributed by atoms with Crippen LogP contribution in [0.5, 0.6) is 5.75 Å². The molecule has 0 bridgehead atoms. The standard InChI is InChI=1S/C41H51N7O9/c1-30-11-13-44-38(24-30)43-12-3-6-39(49)45-29-40(50)47-37(28-41(51)52)35-5-2-4-31(26-35)32-7-8-34-27-36(10-9-33(34)25-32)57-23-22-56-21-20-55-19-18-54-17-16-53-15-14-46-48-42/h2,4-5,7-11,13,24-27,37H,3,6,12,14-23,28-29H2,1H3,(H,43,44)(H,45,49)(H,47,50)(H,51,52). The van der Waals surface area contributed by atoms with Crippen molar-refractivity contribution in [2.45, 2.75) is 32.2 Å². The smallest absolute Gasteiger partial charge is 0.305 e. The van der Waals surface area contributed by atoms with Gasteiger partial charge in [-0.25, -0.2) is 4.98 Å². The van der Waals surface area contributed by atoms with Gasteiger partial charge in [0.2, 0.25) is 11.8 Å². The molecule has 1 atom stereocenters. The van der Waals surface area contributed by atoms with E-state index in [9.17, 15) is 19.5 Å². The van der Waals surface area contributed by atoms with Gasteiger partial charge in [-0.2, -0.15) is 0 Å². The SMILES string of the molecule is Cc1ccnc(NCCCC(=O)NCC(=O)NC(CC(=O)O)c2cccc(-c3ccc4cc(OCCOCCOCCOCCOCCN=[N+]=[N-])ccc4c3)c2)c1. The molecule has 4 aromatic rings. The van der Waals surface area contributed by atoms with Gasteiger partial charge in [0.25, 0.3) is 0 Å². The number of amides is 2. The van der Waals surface area contributed by atoms with Crippen molar-refractivity contribution in [3.05, 3.63) is 101 Å². The Balaban J connectivity index is 1.17. The minimum atomic E-state index is -1.06. The third-order valence-electron chi connectivity index (χ3n) is 8.41. The van der Waals surface area contributed by atoms with Gasteiger partial charge in [-0.3, -0.25) is 14.4 Å². The summed E-state index contributed by atoms with van der Waals surface area (Å²) in [6.45, 7) is 6.36. The summed E-state index contributed by atoms with van der Waals surface area (Å²) in [5, 5.41) is 23.6. The zero-order valence-electron chi connectivity index (χ0n) is 32.2. The van der Waals surface area contributed by atoms with Crippen molar-refractivity contribution >= 4 is 34.4 Å². The summed E-state index contributed by atoms with van der Waals surface area (Å²) in [6, 6.07) is 22.3. The first-order chi connectivity index (χ1) is 27.8. The lowest BCUT2D eigenvalue weighted by atomic mass is 9.96. The lowest BCUT2D eigenvalue weighted by Gasteiger charge is -2.19. The molecule has 16 heteroatoms. The molecule has 1 unspecified atom stereocenters. The second kappa shape index (κ2) is 25.4. The second-order valence-corrected chi connectivity index (χ2v) is 12.8. The van der Waals surface area contributed by atoms with Crippen molar-refractivity contribution in [2.24, 2.45) is 5.11 Å². The van der Waals surface area contributed by atoms with Crippen molar-refractivity contribution in [3.63, 3.8) is 0 Å². The number of pyridine rings is 1. The number of nitrogens with zero attached hydrogens (tertiary/aromatic N) is 4. The van der Waals surface area contributed by atoms with Crippen molar-refractivity contribution in [1.29, 1.82) is 0 Å². The summed E-state index contributed by atoms with van der Waals surface area (Å²) in [4.78, 5) is 43.8. The first kappa shape index (κ1) is 44.0. The normalized spacial score (nSPS) is 11.4. The quantitative estimate of drug-likeness (QED) is 0.0240. The molecular formula is C41H51N7O9. The summed E-state index contributed by atoms with van der Waals surface area (Å²) in [5.41, 5.74) is 11.7. The molecule has 0 aliphatic heterocycles. The molecule has 0 spiro atoms. The molecule has 304 valence electrons. The largest absolute Gasteiger partial charge is 0.491 e. The highest BCUT2D eigenvalue weighted by Crippen LogP contribution is 2.29. The number of benzene rings is 3. The fraction of sp³-hybridized carbons (Fsp3) is 0.415. The van der Waals surface area contributed by atoms with E-state index in [0.717, 1.165) is 33.3 Å². The van der Waals surface area contributed by atoms with Crippen LogP contribution in [0, 0.1) is 6.92 Å². The molecule has 0 fully saturated rings. The highest BCUT2D eigenvalue weighted by Gasteiger charge is 2.19. The van der Waals surface area contributed by atoms with E-state index in [4.69, 9.17) is 29.2 Å². The summed E-state index contributed by atoms with van der Waals surface area (Å²) in [5.74, 6) is -0.367. The molecule has 1 heterocycles. The zero-order chi connectivity index (χ0) is 40.5. The summed E-state index contributed by atoms with van der Waals surface area (Å²) in [6.07, 6.45) is 2.17. The zero-order valence-corrected chi connectivity index (χ0v) is 32.2. The van der Waals surface area contributed by atoms with E-state index in [2.05, 4.69) is 31.0 Å². The first-order valence-corrected chi connectivity index (χ1v) is 18.8. The number of carboxylic acids is 1. The van der Waals surface area contributed by atoms with E-state index in [-0.39, 0.29) is 25.3 Å². The number of aliphatic carboxylic acids is 1. The number of hydrogen-bond donors (Lipinski definition) is 4. The van der Waals surface area contributed by atoms with E-state index in [0.29, 0.717) is 90.3 Å². The fourth-order valence-electron chi connectivity index (χ4n) is 5.60. The Labute approximate surface area is 331 Å². The maximum atomic E-state index is 12.8. The molecule has 0 radical (unpaired) electrons. The van der Waals surface area contributed by atoms with Crippen LogP contribution < -0.4 is 20.7 Å². The predicted octanol–water partition coefficient (Wildman–Crippen LogP) is 5.61. The number of carbonyl (C=O) groups is 3. The molecule has 4 N–H and O–H groups in total. The Kier molecular flexibility index (Phi) is 19.6. The van der Waals surface area contributed by atoms with E-state index in [1.54, 1.807) is 12.3 Å². The lowest BCUT2D eigenvalue weighted by molar-refractivity contribution is -0.138. The number of rotatable bonds is 28. The lowest BCUT2D eigenvalue weighted by Crippen LogP contribution is -2.39. The molecule has 0 aliphatic carbocycles. The summed E-state index contributed by atoms with van der Waals surface area (Å²) in [7, 11) is 0. The average Bonchev–Trinajstić information content (AvgIpc) is 3.21. The number of fused-ring (bicyclic) bond motifs is 1. The average molecular weight is 786 g/mol. The molecule has 1 aromatic heterocycles. The third-order valence-corrected chi connectivity index (χ3v) is 8.41. The van der Waals surface area contributed by atoms with E-state index >= 15 is 0 Å². The third kappa shape index (κ3) is 17.3.